The lowest BCUT2D eigenvalue weighted by Crippen LogP contribution is -2.74. The van der Waals surface area contributed by atoms with Crippen LogP contribution < -0.4 is 30.5 Å². The zero-order chi connectivity index (χ0) is 65.6. The molecule has 22 nitrogen and oxygen atoms in total. The minimum Gasteiger partial charge on any atom is -0.463 e. The standard InChI is InChI=1S/C43H51F17N10O12S2Si2/c1-24(71)64-30-22-25(13-14-29(30)65-34-66-33(61)67-35(68-34)82-18-15-36(44,45)37(46,47)38(48,49)39(50,51)40(52,53)41(54,55)42(56,57)43(58,59)60)69-70-26-21-28-27(32(23-26)84(74,75)63-17-10-20-86(79-5,80-6)81-7)11-8-12-31(28)83(72,73)62-16-9-19-85(76-2,77-3)78-4/h8,11-14,21-23,62-63H,9-10,15-20H2,1-7H3,(H,64,71)(H3,61,65,66,67,68). The topological polar surface area (TPSA) is 287 Å². The molecule has 0 unspecified atom stereocenters. The normalized spacial score (nSPS) is 14.1. The van der Waals surface area contributed by atoms with Crippen molar-refractivity contribution in [2.75, 3.05) is 78.7 Å². The number of amides is 1. The number of ether oxygens (including phenoxy) is 1. The lowest BCUT2D eigenvalue weighted by Gasteiger charge is -2.42. The van der Waals surface area contributed by atoms with Crippen LogP contribution in [-0.4, -0.2) is 165 Å². The molecule has 0 fully saturated rings. The molecule has 0 spiro atoms. The second-order valence-electron chi connectivity index (χ2n) is 17.7. The Hall–Kier alpha value is -5.78. The van der Waals surface area contributed by atoms with E-state index < -0.39 is 132 Å². The molecule has 3 aromatic carbocycles. The van der Waals surface area contributed by atoms with E-state index in [1.54, 1.807) is 0 Å². The second kappa shape index (κ2) is 26.9. The van der Waals surface area contributed by atoms with Gasteiger partial charge in [0.2, 0.25) is 37.9 Å². The summed E-state index contributed by atoms with van der Waals surface area (Å²) in [7, 11) is -7.16. The van der Waals surface area contributed by atoms with Crippen molar-refractivity contribution < 1.29 is 128 Å². The third kappa shape index (κ3) is 15.0. The third-order valence-electron chi connectivity index (χ3n) is 12.2. The van der Waals surface area contributed by atoms with Gasteiger partial charge in [-0.15, -0.1) is 0 Å². The average Bonchev–Trinajstić information content (AvgIpc) is 0.709. The molecule has 43 heteroatoms. The molecular weight excluding hydrogens is 1290 g/mol. The number of nitrogen functional groups attached to an aromatic ring is 1. The molecule has 0 aliphatic carbocycles. The number of nitrogens with zero attached hydrogens (tertiary/aromatic N) is 5. The van der Waals surface area contributed by atoms with E-state index in [9.17, 15) is 96.3 Å². The number of halogens is 17. The minimum atomic E-state index is -8.81. The van der Waals surface area contributed by atoms with Crippen molar-refractivity contribution in [1.29, 1.82) is 0 Å². The van der Waals surface area contributed by atoms with Gasteiger partial charge in [0.05, 0.1) is 45.6 Å². The van der Waals surface area contributed by atoms with Gasteiger partial charge in [0.25, 0.3) is 0 Å². The van der Waals surface area contributed by atoms with Crippen LogP contribution in [0.1, 0.15) is 26.2 Å². The van der Waals surface area contributed by atoms with Crippen LogP contribution in [0.2, 0.25) is 12.1 Å². The number of sulfonamides is 2. The van der Waals surface area contributed by atoms with Gasteiger partial charge in [0.1, 0.15) is 0 Å². The number of nitrogens with one attached hydrogen (secondary N) is 4. The molecule has 4 rings (SSSR count). The first-order chi connectivity index (χ1) is 39.4. The molecule has 0 radical (unpaired) electrons. The Bertz CT molecular complexity index is 3290. The highest BCUT2D eigenvalue weighted by Gasteiger charge is 2.95. The summed E-state index contributed by atoms with van der Waals surface area (Å²) in [6.45, 7) is -1.50. The number of benzene rings is 3. The molecule has 4 aromatic rings. The number of carbonyl (C=O) groups is 1. The fourth-order valence-corrected chi connectivity index (χ4v) is 13.5. The molecule has 0 aliphatic heterocycles. The van der Waals surface area contributed by atoms with Crippen molar-refractivity contribution in [3.05, 3.63) is 48.5 Å². The number of anilines is 4. The Morgan fingerprint density at radius 1 is 0.570 bits per heavy atom. The van der Waals surface area contributed by atoms with Crippen LogP contribution in [-0.2, 0) is 51.4 Å². The summed E-state index contributed by atoms with van der Waals surface area (Å²) >= 11 is 0. The number of hydrogen-bond donors (Lipinski definition) is 5. The lowest BCUT2D eigenvalue weighted by molar-refractivity contribution is -0.461. The Morgan fingerprint density at radius 2 is 1.05 bits per heavy atom. The zero-order valence-corrected chi connectivity index (χ0v) is 48.9. The van der Waals surface area contributed by atoms with Crippen LogP contribution in [0.25, 0.3) is 10.8 Å². The monoisotopic (exact) mass is 1340 g/mol. The zero-order valence-electron chi connectivity index (χ0n) is 45.2. The number of azo groups is 1. The maximum atomic E-state index is 14.6. The van der Waals surface area contributed by atoms with Gasteiger partial charge < -0.3 is 47.7 Å². The number of nitrogens with two attached hydrogens (primary N) is 1. The van der Waals surface area contributed by atoms with Crippen LogP contribution >= 0.6 is 0 Å². The highest BCUT2D eigenvalue weighted by molar-refractivity contribution is 7.90. The summed E-state index contributed by atoms with van der Waals surface area (Å²) in [5.74, 6) is -60.4. The van der Waals surface area contributed by atoms with Crippen molar-refractivity contribution in [3.63, 3.8) is 0 Å². The van der Waals surface area contributed by atoms with E-state index in [-0.39, 0.29) is 71.5 Å². The highest BCUT2D eigenvalue weighted by atomic mass is 32.2. The number of rotatable bonds is 33. The number of alkyl halides is 17. The van der Waals surface area contributed by atoms with Gasteiger partial charge in [0, 0.05) is 85.5 Å². The second-order valence-corrected chi connectivity index (χ2v) is 27.3. The smallest absolute Gasteiger partial charge is 0.463 e. The average molecular weight is 1340 g/mol. The van der Waals surface area contributed by atoms with Crippen LogP contribution in [0.4, 0.5) is 109 Å². The number of aromatic nitrogens is 3. The van der Waals surface area contributed by atoms with E-state index in [1.807, 2.05) is 0 Å². The molecule has 0 atom stereocenters. The Morgan fingerprint density at radius 3 is 1.53 bits per heavy atom. The van der Waals surface area contributed by atoms with Crippen molar-refractivity contribution in [2.45, 2.75) is 95.7 Å². The van der Waals surface area contributed by atoms with Crippen LogP contribution in [0.15, 0.2) is 68.6 Å². The quantitative estimate of drug-likeness (QED) is 0.0128. The van der Waals surface area contributed by atoms with E-state index >= 15 is 0 Å². The first-order valence-electron chi connectivity index (χ1n) is 23.7. The van der Waals surface area contributed by atoms with Crippen molar-refractivity contribution in [2.24, 2.45) is 10.2 Å². The van der Waals surface area contributed by atoms with Gasteiger partial charge in [-0.3, -0.25) is 4.79 Å². The van der Waals surface area contributed by atoms with Crippen molar-refractivity contribution in [1.82, 2.24) is 24.4 Å². The van der Waals surface area contributed by atoms with E-state index in [0.29, 0.717) is 0 Å². The van der Waals surface area contributed by atoms with E-state index in [1.165, 1.54) is 66.9 Å². The predicted octanol–water partition coefficient (Wildman–Crippen LogP) is 9.60. The lowest BCUT2D eigenvalue weighted by atomic mass is 9.88. The third-order valence-corrected chi connectivity index (χ3v) is 20.8. The Kier molecular flexibility index (Phi) is 22.7. The molecule has 0 bridgehead atoms. The molecule has 1 amide bonds. The molecule has 1 heterocycles. The van der Waals surface area contributed by atoms with Gasteiger partial charge in [-0.25, -0.2) is 26.3 Å². The molecule has 484 valence electrons. The molecule has 1 aromatic heterocycles. The SMILES string of the molecule is CO[Si](CCCNS(=O)(=O)c1cc(N=Nc2ccc(Nc3nc(N)nc(OCCC(F)(F)C(F)(F)C(F)(F)C(F)(F)C(F)(F)C(F)(F)C(F)(F)C(F)(F)F)n3)c(NC(C)=O)c2)cc2c(S(=O)(=O)NCCC[Si](OC)(OC)OC)cccc12)(OC)OC. The fraction of sp³-hybridized carbons (Fsp3) is 0.535. The van der Waals surface area contributed by atoms with Crippen molar-refractivity contribution >= 4 is 89.0 Å². The van der Waals surface area contributed by atoms with E-state index in [4.69, 9.17) is 32.3 Å². The number of fused-ring (bicyclic) bond motifs is 1. The first kappa shape index (κ1) is 72.7. The summed E-state index contributed by atoms with van der Waals surface area (Å²) in [6, 6.07) is 8.45. The van der Waals surface area contributed by atoms with Gasteiger partial charge in [-0.1, -0.05) is 12.1 Å². The van der Waals surface area contributed by atoms with Gasteiger partial charge in [-0.05, 0) is 49.2 Å². The number of hydrogen-bond acceptors (Lipinski definition) is 19. The maximum Gasteiger partial charge on any atom is 0.500 e. The minimum absolute atomic E-state index is 0.0928. The van der Waals surface area contributed by atoms with Crippen LogP contribution in [0, 0.1) is 0 Å². The molecule has 0 aliphatic rings. The summed E-state index contributed by atoms with van der Waals surface area (Å²) in [5, 5.41) is 12.7. The van der Waals surface area contributed by atoms with Crippen LogP contribution in [0.5, 0.6) is 6.01 Å². The van der Waals surface area contributed by atoms with Gasteiger partial charge in [0.15, 0.2) is 0 Å². The largest absolute Gasteiger partial charge is 0.500 e. The molecule has 0 saturated carbocycles. The summed E-state index contributed by atoms with van der Waals surface area (Å²) in [6.07, 6.45) is -10.6. The molecular formula is C43H51F17N10O12S2Si2. The summed E-state index contributed by atoms with van der Waals surface area (Å²) in [4.78, 5) is 21.8. The van der Waals surface area contributed by atoms with Gasteiger partial charge >= 0.3 is 71.3 Å². The Labute approximate surface area is 478 Å². The molecule has 0 saturated heterocycles. The maximum absolute atomic E-state index is 14.6. The summed E-state index contributed by atoms with van der Waals surface area (Å²) in [5.41, 5.74) is 4.62. The Balaban J connectivity index is 1.68. The fourth-order valence-electron chi connectivity index (χ4n) is 7.46. The van der Waals surface area contributed by atoms with E-state index in [2.05, 4.69) is 50.0 Å². The number of carbonyl (C=O) groups excluding carboxylic acids is 1. The highest BCUT2D eigenvalue weighted by Crippen LogP contribution is 2.64. The van der Waals surface area contributed by atoms with Crippen molar-refractivity contribution in [3.8, 4) is 6.01 Å². The molecule has 6 N–H and O–H groups in total. The van der Waals surface area contributed by atoms with E-state index in [0.717, 1.165) is 31.2 Å². The van der Waals surface area contributed by atoms with Gasteiger partial charge in [-0.2, -0.15) is 99.8 Å². The first-order valence-corrected chi connectivity index (χ1v) is 30.6. The summed E-state index contributed by atoms with van der Waals surface area (Å²) < 4.78 is 332. The predicted molar refractivity (Wildman–Crippen MR) is 270 cm³/mol. The molecule has 86 heavy (non-hydrogen) atoms. The van der Waals surface area contributed by atoms with Crippen LogP contribution in [0.3, 0.4) is 0 Å².